The number of aliphatic hydroxyl groups is 1. The van der Waals surface area contributed by atoms with Crippen molar-refractivity contribution >= 4 is 23.6 Å². The van der Waals surface area contributed by atoms with E-state index in [-0.39, 0.29) is 63.9 Å². The molecule has 0 bridgehead atoms. The molecule has 0 saturated carbocycles. The van der Waals surface area contributed by atoms with Gasteiger partial charge in [0.05, 0.1) is 13.0 Å². The van der Waals surface area contributed by atoms with Crippen molar-refractivity contribution in [2.45, 2.75) is 0 Å². The first-order valence-corrected chi connectivity index (χ1v) is 5.39. The molecule has 1 aromatic carbocycles. The average molecular weight is 303 g/mol. The third-order valence-corrected chi connectivity index (χ3v) is 1.74. The maximum atomic E-state index is 11.0. The van der Waals surface area contributed by atoms with E-state index in [2.05, 4.69) is 36.0 Å². The van der Waals surface area contributed by atoms with Gasteiger partial charge >= 0.3 is 51.4 Å². The van der Waals surface area contributed by atoms with Crippen molar-refractivity contribution in [1.82, 2.24) is 5.32 Å². The van der Waals surface area contributed by atoms with Gasteiger partial charge in [0.25, 0.3) is 0 Å². The second-order valence-corrected chi connectivity index (χ2v) is 3.04. The van der Waals surface area contributed by atoms with Gasteiger partial charge in [-0.05, 0) is 0 Å². The van der Waals surface area contributed by atoms with Crippen LogP contribution in [0.1, 0.15) is 5.56 Å². The fourth-order valence-electron chi connectivity index (χ4n) is 0.923. The summed E-state index contributed by atoms with van der Waals surface area (Å²) in [5, 5.41) is 9.68. The van der Waals surface area contributed by atoms with Gasteiger partial charge < -0.3 is 26.9 Å². The summed E-state index contributed by atoms with van der Waals surface area (Å²) in [5.74, 6) is 0.415. The maximum absolute atomic E-state index is 11.0. The molecule has 0 spiro atoms. The predicted molar refractivity (Wildman–Crippen MR) is 73.1 cm³/mol. The molecule has 0 saturated heterocycles. The van der Waals surface area contributed by atoms with Crippen LogP contribution in [0.2, 0.25) is 0 Å². The number of amides is 1. The van der Waals surface area contributed by atoms with Crippen molar-refractivity contribution in [2.75, 3.05) is 13.7 Å². The van der Waals surface area contributed by atoms with Crippen molar-refractivity contribution in [1.29, 1.82) is 0 Å². The third-order valence-electron chi connectivity index (χ3n) is 1.63. The fourth-order valence-corrected chi connectivity index (χ4v) is 1.02. The van der Waals surface area contributed by atoms with Crippen LogP contribution in [0.4, 0.5) is 0 Å². The minimum Gasteiger partial charge on any atom is -0.498 e. The van der Waals surface area contributed by atoms with Gasteiger partial charge in [0.1, 0.15) is 5.75 Å². The van der Waals surface area contributed by atoms with E-state index in [1.54, 1.807) is 31.4 Å². The monoisotopic (exact) mass is 303 g/mol. The number of hydrogen-bond donors (Lipinski definition) is 2. The zero-order valence-electron chi connectivity index (χ0n) is 11.0. The van der Waals surface area contributed by atoms with E-state index in [1.807, 2.05) is 0 Å². The predicted octanol–water partition coefficient (Wildman–Crippen LogP) is -1.83. The molecule has 0 fully saturated rings. The van der Waals surface area contributed by atoms with Crippen molar-refractivity contribution in [3.63, 3.8) is 0 Å². The number of carbonyl (C=O) groups is 1. The number of hydrogen-bond acceptors (Lipinski definition) is 4. The molecule has 0 heterocycles. The minimum absolute atomic E-state index is 0. The van der Waals surface area contributed by atoms with Crippen LogP contribution in [0.25, 0.3) is 0 Å². The molecule has 0 unspecified atom stereocenters. The Hall–Kier alpha value is -0.0836. The minimum atomic E-state index is -0.346. The molecule has 0 aliphatic rings. The Kier molecular flexibility index (Phi) is 16.0. The Morgan fingerprint density at radius 3 is 2.47 bits per heavy atom. The molecule has 0 atom stereocenters. The molecule has 0 radical (unpaired) electrons. The van der Waals surface area contributed by atoms with Crippen molar-refractivity contribution < 1.29 is 66.0 Å². The molecule has 1 aromatic rings. The topological polar surface area (TPSA) is 58.6 Å². The van der Waals surface area contributed by atoms with Gasteiger partial charge in [0.15, 0.2) is 0 Å². The molecule has 0 aromatic heterocycles. The number of rotatable bonds is 4. The summed E-state index contributed by atoms with van der Waals surface area (Å²) < 4.78 is 4.99. The first-order chi connectivity index (χ1) is 8.67. The zero-order valence-corrected chi connectivity index (χ0v) is 14.9. The second kappa shape index (κ2) is 14.3. The number of ether oxygens (including phenoxy) is 1. The van der Waals surface area contributed by atoms with Gasteiger partial charge in [-0.1, -0.05) is 24.2 Å². The Morgan fingerprint density at radius 2 is 2.05 bits per heavy atom. The van der Waals surface area contributed by atoms with Gasteiger partial charge in [-0.3, -0.25) is 0 Å². The molecule has 6 heteroatoms. The normalized spacial score (nSPS) is 8.79. The molecule has 19 heavy (non-hydrogen) atoms. The van der Waals surface area contributed by atoms with Gasteiger partial charge in [-0.2, -0.15) is 0 Å². The summed E-state index contributed by atoms with van der Waals surface area (Å²) in [6, 6.07) is 7.17. The fraction of sp³-hybridized carbons (Fsp3) is 0.154. The summed E-state index contributed by atoms with van der Waals surface area (Å²) in [4.78, 5) is 11.0. The molecular weight excluding hydrogens is 289 g/mol. The van der Waals surface area contributed by atoms with Crippen LogP contribution < -0.4 is 61.4 Å². The largest absolute Gasteiger partial charge is 1.00 e. The van der Waals surface area contributed by atoms with Crippen LogP contribution in [0.5, 0.6) is 5.75 Å². The molecule has 0 aliphatic carbocycles. The van der Waals surface area contributed by atoms with Crippen molar-refractivity contribution in [3.05, 3.63) is 48.9 Å². The van der Waals surface area contributed by atoms with Crippen LogP contribution in [0, 0.1) is 13.0 Å². The Morgan fingerprint density at radius 1 is 1.53 bits per heavy atom. The molecule has 1 rings (SSSR count). The van der Waals surface area contributed by atoms with Crippen molar-refractivity contribution in [2.24, 2.45) is 0 Å². The molecule has 0 aliphatic heterocycles. The number of aliphatic hydroxyl groups excluding tert-OH is 1. The summed E-state index contributed by atoms with van der Waals surface area (Å²) in [6.45, 7) is 3.04. The number of benzene rings is 1. The van der Waals surface area contributed by atoms with E-state index >= 15 is 0 Å². The van der Waals surface area contributed by atoms with Gasteiger partial charge in [-0.25, -0.2) is 12.2 Å². The van der Waals surface area contributed by atoms with Crippen LogP contribution in [-0.4, -0.2) is 30.2 Å². The Balaban J connectivity index is 0. The second-order valence-electron chi connectivity index (χ2n) is 2.83. The van der Waals surface area contributed by atoms with Crippen LogP contribution in [-0.2, 0) is 4.79 Å². The molecule has 98 valence electrons. The number of methoxy groups -OCH3 is 1. The molecular formula is C13H14KNO3S-2. The maximum Gasteiger partial charge on any atom is 1.00 e. The zero-order chi connectivity index (χ0) is 13.8. The summed E-state index contributed by atoms with van der Waals surface area (Å²) in [7, 11) is 1.59. The number of carbonyl (C=O) groups excluding carboxylic acids is 1. The Labute approximate surface area is 161 Å². The number of nitrogens with one attached hydrogen (secondary N) is 1. The van der Waals surface area contributed by atoms with Crippen LogP contribution >= 0.6 is 12.2 Å². The quantitative estimate of drug-likeness (QED) is 0.226. The van der Waals surface area contributed by atoms with Gasteiger partial charge in [0.2, 0.25) is 0 Å². The van der Waals surface area contributed by atoms with E-state index in [0.29, 0.717) is 0 Å². The van der Waals surface area contributed by atoms with Crippen molar-refractivity contribution in [3.8, 4) is 5.75 Å². The van der Waals surface area contributed by atoms with E-state index in [9.17, 15) is 4.79 Å². The summed E-state index contributed by atoms with van der Waals surface area (Å²) >= 11 is 4.35. The van der Waals surface area contributed by atoms with Crippen LogP contribution in [0.15, 0.2) is 30.3 Å². The van der Waals surface area contributed by atoms with Gasteiger partial charge in [-0.15, -0.1) is 29.8 Å². The standard InChI is InChI=1S/C11H9NO2S.C2H5O.K/c1-14-10-5-2-9(3-6-10)4-7-11(13)12-8-15;1-2-3;/h2-3,5-7H,1H3,(H,12,13,15);3H,1-2H2;/q-2;-1;+1. The molecule has 2 N–H and O–H groups in total. The summed E-state index contributed by atoms with van der Waals surface area (Å²) in [6.07, 6.45) is 4.07. The number of thiocarbonyl (C=S) groups is 1. The Bertz CT molecular complexity index is 393. The molecule has 4 nitrogen and oxygen atoms in total. The van der Waals surface area contributed by atoms with E-state index in [1.165, 1.54) is 6.08 Å². The van der Waals surface area contributed by atoms with E-state index in [0.717, 1.165) is 11.3 Å². The first kappa shape index (κ1) is 21.2. The third kappa shape index (κ3) is 11.4. The first-order valence-electron chi connectivity index (χ1n) is 4.99. The van der Waals surface area contributed by atoms with E-state index in [4.69, 9.17) is 9.84 Å². The molecule has 1 amide bonds. The summed E-state index contributed by atoms with van der Waals surface area (Å²) in [5.41, 5.74) is 2.90. The average Bonchev–Trinajstić information content (AvgIpc) is 2.38. The van der Waals surface area contributed by atoms with Gasteiger partial charge in [0, 0.05) is 0 Å². The van der Waals surface area contributed by atoms with Crippen LogP contribution in [0.3, 0.4) is 0 Å². The smallest absolute Gasteiger partial charge is 0.498 e. The SMILES string of the molecule is COc1ccc([C-]=CC(=O)N[C-]=S)cc1.[CH2-]CO.[K+]. The van der Waals surface area contributed by atoms with E-state index < -0.39 is 0 Å².